The summed E-state index contributed by atoms with van der Waals surface area (Å²) in [6.45, 7) is 2.40. The summed E-state index contributed by atoms with van der Waals surface area (Å²) in [6, 6.07) is 34.2. The lowest BCUT2D eigenvalue weighted by Crippen LogP contribution is -2.30. The maximum absolute atomic E-state index is 13.5. The number of anilines is 1. The first-order valence-corrected chi connectivity index (χ1v) is 15.4. The fourth-order valence-electron chi connectivity index (χ4n) is 5.40. The number of nitrogens with one attached hydrogen (secondary N) is 1. The summed E-state index contributed by atoms with van der Waals surface area (Å²) in [7, 11) is 0. The Hall–Kier alpha value is -4.04. The quantitative estimate of drug-likeness (QED) is 0.195. The monoisotopic (exact) mass is 628 g/mol. The molecule has 1 aliphatic rings. The van der Waals surface area contributed by atoms with Gasteiger partial charge in [0.15, 0.2) is 0 Å². The molecule has 0 aliphatic carbocycles. The van der Waals surface area contributed by atoms with Crippen molar-refractivity contribution in [1.29, 1.82) is 0 Å². The number of alkyl halides is 3. The van der Waals surface area contributed by atoms with E-state index >= 15 is 0 Å². The van der Waals surface area contributed by atoms with Gasteiger partial charge in [-0.25, -0.2) is 0 Å². The molecule has 8 heteroatoms. The first kappa shape index (κ1) is 30.0. The van der Waals surface area contributed by atoms with E-state index in [2.05, 4.69) is 28.4 Å². The van der Waals surface area contributed by atoms with E-state index in [0.717, 1.165) is 48.6 Å². The summed E-state index contributed by atoms with van der Waals surface area (Å²) in [4.78, 5) is 18.1. The molecule has 0 spiro atoms. The van der Waals surface area contributed by atoms with E-state index in [1.807, 2.05) is 54.6 Å². The van der Waals surface area contributed by atoms with E-state index in [4.69, 9.17) is 11.6 Å². The fraction of sp³-hybridized carbons (Fsp3) is 0.139. The summed E-state index contributed by atoms with van der Waals surface area (Å²) in [5.74, 6) is -0.581. The Bertz CT molecular complexity index is 1790. The van der Waals surface area contributed by atoms with Gasteiger partial charge in [-0.1, -0.05) is 84.0 Å². The minimum Gasteiger partial charge on any atom is -0.322 e. The van der Waals surface area contributed by atoms with Crippen LogP contribution in [0.25, 0.3) is 11.1 Å². The second-order valence-electron chi connectivity index (χ2n) is 10.7. The molecule has 1 heterocycles. The largest absolute Gasteiger partial charge is 0.416 e. The average Bonchev–Trinajstić information content (AvgIpc) is 3.03. The number of carbonyl (C=O) groups is 1. The Kier molecular flexibility index (Phi) is 8.80. The molecule has 3 nitrogen and oxygen atoms in total. The summed E-state index contributed by atoms with van der Waals surface area (Å²) < 4.78 is 40.6. The topological polar surface area (TPSA) is 32.3 Å². The van der Waals surface area contributed by atoms with Crippen LogP contribution in [0.2, 0.25) is 5.02 Å². The highest BCUT2D eigenvalue weighted by Gasteiger charge is 2.32. The molecule has 0 saturated heterocycles. The first-order chi connectivity index (χ1) is 21.2. The molecule has 0 radical (unpaired) electrons. The minimum atomic E-state index is -4.56. The molecule has 44 heavy (non-hydrogen) atoms. The van der Waals surface area contributed by atoms with Crippen molar-refractivity contribution < 1.29 is 18.0 Å². The van der Waals surface area contributed by atoms with Gasteiger partial charge in [0.2, 0.25) is 0 Å². The standard InChI is InChI=1S/C36H28ClF3N2OS/c37-29-12-15-31(16-13-29)44-34-9-5-4-8-27(34)23-42-19-18-25-20-30(14-10-26(25)22-42)41-35(43)33-21-28(36(38,39)40)11-17-32(33)24-6-2-1-3-7-24/h1-17,20-21H,18-19,22-23H2,(H,41,43). The van der Waals surface area contributed by atoms with Crippen molar-refractivity contribution in [1.82, 2.24) is 4.90 Å². The predicted molar refractivity (Wildman–Crippen MR) is 171 cm³/mol. The normalized spacial score (nSPS) is 13.4. The van der Waals surface area contributed by atoms with Crippen LogP contribution in [-0.4, -0.2) is 17.4 Å². The third-order valence-corrected chi connectivity index (χ3v) is 9.02. The second kappa shape index (κ2) is 12.9. The van der Waals surface area contributed by atoms with Gasteiger partial charge in [0.05, 0.1) is 5.56 Å². The highest BCUT2D eigenvalue weighted by molar-refractivity contribution is 7.99. The van der Waals surface area contributed by atoms with Gasteiger partial charge in [-0.15, -0.1) is 0 Å². The smallest absolute Gasteiger partial charge is 0.322 e. The van der Waals surface area contributed by atoms with Gasteiger partial charge in [-0.05, 0) is 88.8 Å². The Labute approximate surface area is 263 Å². The summed E-state index contributed by atoms with van der Waals surface area (Å²) >= 11 is 7.77. The highest BCUT2D eigenvalue weighted by Crippen LogP contribution is 2.35. The number of carbonyl (C=O) groups excluding carboxylic acids is 1. The number of benzene rings is 5. The lowest BCUT2D eigenvalue weighted by Gasteiger charge is -2.29. The van der Waals surface area contributed by atoms with Crippen LogP contribution in [0.5, 0.6) is 0 Å². The van der Waals surface area contributed by atoms with Gasteiger partial charge >= 0.3 is 6.18 Å². The van der Waals surface area contributed by atoms with Crippen LogP contribution in [0.1, 0.15) is 32.6 Å². The molecule has 5 aromatic carbocycles. The van der Waals surface area contributed by atoms with Crippen LogP contribution in [-0.2, 0) is 25.7 Å². The molecule has 0 fully saturated rings. The van der Waals surface area contributed by atoms with Crippen molar-refractivity contribution in [2.45, 2.75) is 35.5 Å². The maximum Gasteiger partial charge on any atom is 0.416 e. The van der Waals surface area contributed by atoms with Gasteiger partial charge < -0.3 is 5.32 Å². The van der Waals surface area contributed by atoms with Crippen molar-refractivity contribution >= 4 is 35.0 Å². The van der Waals surface area contributed by atoms with Crippen LogP contribution < -0.4 is 5.32 Å². The van der Waals surface area contributed by atoms with Crippen LogP contribution >= 0.6 is 23.4 Å². The number of halogens is 4. The molecular formula is C36H28ClF3N2OS. The highest BCUT2D eigenvalue weighted by atomic mass is 35.5. The molecule has 222 valence electrons. The van der Waals surface area contributed by atoms with Gasteiger partial charge in [0.25, 0.3) is 5.91 Å². The molecule has 0 aromatic heterocycles. The van der Waals surface area contributed by atoms with Crippen molar-refractivity contribution in [2.75, 3.05) is 11.9 Å². The predicted octanol–water partition coefficient (Wildman–Crippen LogP) is 9.99. The van der Waals surface area contributed by atoms with Crippen molar-refractivity contribution in [3.8, 4) is 11.1 Å². The van der Waals surface area contributed by atoms with Gasteiger partial charge in [-0.3, -0.25) is 9.69 Å². The van der Waals surface area contributed by atoms with Crippen LogP contribution in [0, 0.1) is 0 Å². The van der Waals surface area contributed by atoms with Crippen LogP contribution in [0.3, 0.4) is 0 Å². The SMILES string of the molecule is O=C(Nc1ccc2c(c1)CCN(Cc1ccccc1Sc1ccc(Cl)cc1)C2)c1cc(C(F)(F)F)ccc1-c1ccccc1. The van der Waals surface area contributed by atoms with Gasteiger partial charge in [-0.2, -0.15) is 13.2 Å². The molecule has 0 atom stereocenters. The van der Waals surface area contributed by atoms with E-state index in [-0.39, 0.29) is 5.56 Å². The molecule has 1 amide bonds. The number of hydrogen-bond donors (Lipinski definition) is 1. The number of hydrogen-bond acceptors (Lipinski definition) is 3. The Morgan fingerprint density at radius 3 is 2.36 bits per heavy atom. The molecule has 5 aromatic rings. The van der Waals surface area contributed by atoms with Crippen molar-refractivity contribution in [2.24, 2.45) is 0 Å². The summed E-state index contributed by atoms with van der Waals surface area (Å²) in [5.41, 5.74) is 4.32. The van der Waals surface area contributed by atoms with E-state index in [0.29, 0.717) is 21.8 Å². The number of fused-ring (bicyclic) bond motifs is 1. The van der Waals surface area contributed by atoms with Crippen molar-refractivity contribution in [3.63, 3.8) is 0 Å². The van der Waals surface area contributed by atoms with Crippen LogP contribution in [0.4, 0.5) is 18.9 Å². The first-order valence-electron chi connectivity index (χ1n) is 14.2. The lowest BCUT2D eigenvalue weighted by atomic mass is 9.96. The Balaban J connectivity index is 1.17. The minimum absolute atomic E-state index is 0.0231. The number of nitrogens with zero attached hydrogens (tertiary/aromatic N) is 1. The maximum atomic E-state index is 13.5. The number of rotatable bonds is 7. The van der Waals surface area contributed by atoms with E-state index in [1.165, 1.54) is 22.1 Å². The van der Waals surface area contributed by atoms with Crippen LogP contribution in [0.15, 0.2) is 125 Å². The molecule has 0 unspecified atom stereocenters. The number of amides is 1. The molecular weight excluding hydrogens is 601 g/mol. The van der Waals surface area contributed by atoms with Crippen molar-refractivity contribution in [3.05, 3.63) is 148 Å². The van der Waals surface area contributed by atoms with Gasteiger partial charge in [0.1, 0.15) is 0 Å². The summed E-state index contributed by atoms with van der Waals surface area (Å²) in [6.07, 6.45) is -3.76. The zero-order valence-electron chi connectivity index (χ0n) is 23.6. The van der Waals surface area contributed by atoms with E-state index < -0.39 is 17.6 Å². The van der Waals surface area contributed by atoms with E-state index in [1.54, 1.807) is 36.0 Å². The molecule has 6 rings (SSSR count). The zero-order chi connectivity index (χ0) is 30.7. The summed E-state index contributed by atoms with van der Waals surface area (Å²) in [5, 5.41) is 3.56. The fourth-order valence-corrected chi connectivity index (χ4v) is 6.47. The molecule has 0 bridgehead atoms. The second-order valence-corrected chi connectivity index (χ2v) is 12.2. The molecule has 1 N–H and O–H groups in total. The Morgan fingerprint density at radius 2 is 1.59 bits per heavy atom. The van der Waals surface area contributed by atoms with Gasteiger partial charge in [0, 0.05) is 45.7 Å². The lowest BCUT2D eigenvalue weighted by molar-refractivity contribution is -0.137. The van der Waals surface area contributed by atoms with E-state index in [9.17, 15) is 18.0 Å². The zero-order valence-corrected chi connectivity index (χ0v) is 25.1. The molecule has 1 aliphatic heterocycles. The third kappa shape index (κ3) is 7.02. The average molecular weight is 629 g/mol. The Morgan fingerprint density at radius 1 is 0.841 bits per heavy atom. The molecule has 0 saturated carbocycles. The third-order valence-electron chi connectivity index (χ3n) is 7.64.